The molecular formula is C16H22ClNO3. The number of esters is 1. The first-order valence-corrected chi connectivity index (χ1v) is 7.77. The SMILES string of the molecule is CC1CC(OC(=O)c2cc(Cl)nc(C(C)C)c2)CC(C)O1. The van der Waals surface area contributed by atoms with Gasteiger partial charge < -0.3 is 9.47 Å². The number of hydrogen-bond donors (Lipinski definition) is 0. The first-order valence-electron chi connectivity index (χ1n) is 7.39. The van der Waals surface area contributed by atoms with E-state index in [1.165, 1.54) is 0 Å². The molecule has 2 rings (SSSR count). The maximum absolute atomic E-state index is 12.3. The van der Waals surface area contributed by atoms with Crippen molar-refractivity contribution in [1.29, 1.82) is 0 Å². The third-order valence-corrected chi connectivity index (χ3v) is 3.76. The monoisotopic (exact) mass is 311 g/mol. The number of carbonyl (C=O) groups excluding carboxylic acids is 1. The van der Waals surface area contributed by atoms with Gasteiger partial charge in [0.2, 0.25) is 0 Å². The lowest BCUT2D eigenvalue weighted by Crippen LogP contribution is -2.35. The number of pyridine rings is 1. The molecule has 1 saturated heterocycles. The van der Waals surface area contributed by atoms with Gasteiger partial charge in [-0.15, -0.1) is 0 Å². The van der Waals surface area contributed by atoms with Crippen LogP contribution >= 0.6 is 11.6 Å². The lowest BCUT2D eigenvalue weighted by atomic mass is 10.0. The molecule has 1 fully saturated rings. The van der Waals surface area contributed by atoms with Gasteiger partial charge in [-0.25, -0.2) is 9.78 Å². The van der Waals surface area contributed by atoms with E-state index in [2.05, 4.69) is 4.98 Å². The Morgan fingerprint density at radius 3 is 2.52 bits per heavy atom. The largest absolute Gasteiger partial charge is 0.459 e. The van der Waals surface area contributed by atoms with Gasteiger partial charge in [0.1, 0.15) is 11.3 Å². The van der Waals surface area contributed by atoms with Gasteiger partial charge in [-0.3, -0.25) is 0 Å². The fourth-order valence-corrected chi connectivity index (χ4v) is 2.81. The minimum Gasteiger partial charge on any atom is -0.459 e. The summed E-state index contributed by atoms with van der Waals surface area (Å²) in [5, 5.41) is 0.321. The van der Waals surface area contributed by atoms with Crippen LogP contribution in [0.3, 0.4) is 0 Å². The first-order chi connectivity index (χ1) is 9.85. The summed E-state index contributed by atoms with van der Waals surface area (Å²) in [5.41, 5.74) is 1.26. The number of nitrogens with zero attached hydrogens (tertiary/aromatic N) is 1. The Balaban J connectivity index is 2.09. The maximum Gasteiger partial charge on any atom is 0.338 e. The second kappa shape index (κ2) is 6.75. The summed E-state index contributed by atoms with van der Waals surface area (Å²) in [6.07, 6.45) is 1.57. The fourth-order valence-electron chi connectivity index (χ4n) is 2.59. The molecule has 4 nitrogen and oxygen atoms in total. The Kier molecular flexibility index (Phi) is 5.22. The number of carbonyl (C=O) groups is 1. The molecule has 5 heteroatoms. The standard InChI is InChI=1S/C16H22ClNO3/c1-9(2)14-7-12(8-15(17)18-14)16(19)21-13-5-10(3)20-11(4)6-13/h7-11,13H,5-6H2,1-4H3. The molecule has 0 N–H and O–H groups in total. The summed E-state index contributed by atoms with van der Waals surface area (Å²) >= 11 is 5.99. The van der Waals surface area contributed by atoms with E-state index in [9.17, 15) is 4.79 Å². The highest BCUT2D eigenvalue weighted by Crippen LogP contribution is 2.24. The number of halogens is 1. The summed E-state index contributed by atoms with van der Waals surface area (Å²) in [6, 6.07) is 3.31. The van der Waals surface area contributed by atoms with Crippen LogP contribution in [-0.4, -0.2) is 29.3 Å². The van der Waals surface area contributed by atoms with Gasteiger partial charge in [0.25, 0.3) is 0 Å². The molecule has 2 unspecified atom stereocenters. The van der Waals surface area contributed by atoms with E-state index < -0.39 is 0 Å². The minimum absolute atomic E-state index is 0.106. The van der Waals surface area contributed by atoms with E-state index in [4.69, 9.17) is 21.1 Å². The molecule has 0 aliphatic carbocycles. The average Bonchev–Trinajstić information content (AvgIpc) is 2.36. The van der Waals surface area contributed by atoms with Crippen molar-refractivity contribution in [2.45, 2.75) is 64.8 Å². The van der Waals surface area contributed by atoms with E-state index >= 15 is 0 Å². The van der Waals surface area contributed by atoms with E-state index in [0.717, 1.165) is 18.5 Å². The minimum atomic E-state index is -0.340. The third kappa shape index (κ3) is 4.42. The molecule has 116 valence electrons. The van der Waals surface area contributed by atoms with Gasteiger partial charge in [-0.05, 0) is 31.9 Å². The predicted octanol–water partition coefficient (Wildman–Crippen LogP) is 3.97. The van der Waals surface area contributed by atoms with Crippen molar-refractivity contribution in [1.82, 2.24) is 4.98 Å². The summed E-state index contributed by atoms with van der Waals surface area (Å²) < 4.78 is 11.3. The van der Waals surface area contributed by atoms with Gasteiger partial charge in [0.05, 0.1) is 17.8 Å². The highest BCUT2D eigenvalue weighted by molar-refractivity contribution is 6.29. The number of rotatable bonds is 3. The van der Waals surface area contributed by atoms with Crippen LogP contribution in [-0.2, 0) is 9.47 Å². The van der Waals surface area contributed by atoms with Crippen LogP contribution in [0.15, 0.2) is 12.1 Å². The number of aromatic nitrogens is 1. The molecule has 1 aromatic heterocycles. The Morgan fingerprint density at radius 1 is 1.33 bits per heavy atom. The van der Waals surface area contributed by atoms with Crippen molar-refractivity contribution in [2.24, 2.45) is 0 Å². The number of hydrogen-bond acceptors (Lipinski definition) is 4. The van der Waals surface area contributed by atoms with Crippen LogP contribution < -0.4 is 0 Å². The second-order valence-electron chi connectivity index (χ2n) is 6.01. The molecule has 0 bridgehead atoms. The molecule has 0 aromatic carbocycles. The van der Waals surface area contributed by atoms with Crippen molar-refractivity contribution in [3.05, 3.63) is 28.5 Å². The summed E-state index contributed by atoms with van der Waals surface area (Å²) in [5.74, 6) is -0.133. The molecule has 0 saturated carbocycles. The summed E-state index contributed by atoms with van der Waals surface area (Å²) in [7, 11) is 0. The molecular weight excluding hydrogens is 290 g/mol. The quantitative estimate of drug-likeness (QED) is 0.626. The summed E-state index contributed by atoms with van der Waals surface area (Å²) in [4.78, 5) is 16.5. The molecule has 1 aromatic rings. The molecule has 0 spiro atoms. The van der Waals surface area contributed by atoms with Crippen LogP contribution in [0, 0.1) is 0 Å². The molecule has 2 heterocycles. The van der Waals surface area contributed by atoms with Crippen molar-refractivity contribution < 1.29 is 14.3 Å². The zero-order valence-electron chi connectivity index (χ0n) is 12.9. The zero-order valence-corrected chi connectivity index (χ0v) is 13.7. The van der Waals surface area contributed by atoms with Crippen molar-refractivity contribution in [2.75, 3.05) is 0 Å². The lowest BCUT2D eigenvalue weighted by Gasteiger charge is -2.31. The molecule has 2 atom stereocenters. The number of ether oxygens (including phenoxy) is 2. The average molecular weight is 312 g/mol. The molecule has 1 aliphatic heterocycles. The normalized spacial score (nSPS) is 25.9. The molecule has 0 amide bonds. The van der Waals surface area contributed by atoms with Crippen LogP contribution in [0.4, 0.5) is 0 Å². The Morgan fingerprint density at radius 2 is 1.95 bits per heavy atom. The third-order valence-electron chi connectivity index (χ3n) is 3.57. The smallest absolute Gasteiger partial charge is 0.338 e. The lowest BCUT2D eigenvalue weighted by molar-refractivity contribution is -0.0855. The van der Waals surface area contributed by atoms with E-state index in [1.807, 2.05) is 27.7 Å². The first kappa shape index (κ1) is 16.2. The van der Waals surface area contributed by atoms with Crippen molar-refractivity contribution in [3.8, 4) is 0 Å². The predicted molar refractivity (Wildman–Crippen MR) is 81.8 cm³/mol. The van der Waals surface area contributed by atoms with Crippen LogP contribution in [0.2, 0.25) is 5.15 Å². The van der Waals surface area contributed by atoms with Gasteiger partial charge in [0, 0.05) is 18.5 Å². The van der Waals surface area contributed by atoms with Gasteiger partial charge >= 0.3 is 5.97 Å². The Hall–Kier alpha value is -1.13. The van der Waals surface area contributed by atoms with Gasteiger partial charge in [-0.2, -0.15) is 0 Å². The maximum atomic E-state index is 12.3. The molecule has 1 aliphatic rings. The Bertz CT molecular complexity index is 508. The summed E-state index contributed by atoms with van der Waals surface area (Å²) in [6.45, 7) is 8.01. The topological polar surface area (TPSA) is 48.4 Å². The zero-order chi connectivity index (χ0) is 15.6. The highest BCUT2D eigenvalue weighted by Gasteiger charge is 2.27. The van der Waals surface area contributed by atoms with E-state index in [1.54, 1.807) is 12.1 Å². The van der Waals surface area contributed by atoms with Crippen LogP contribution in [0.5, 0.6) is 0 Å². The molecule has 0 radical (unpaired) electrons. The highest BCUT2D eigenvalue weighted by atomic mass is 35.5. The van der Waals surface area contributed by atoms with Gasteiger partial charge in [0.15, 0.2) is 0 Å². The van der Waals surface area contributed by atoms with Crippen LogP contribution in [0.25, 0.3) is 0 Å². The Labute approximate surface area is 130 Å². The second-order valence-corrected chi connectivity index (χ2v) is 6.40. The van der Waals surface area contributed by atoms with Crippen molar-refractivity contribution in [3.63, 3.8) is 0 Å². The fraction of sp³-hybridized carbons (Fsp3) is 0.625. The van der Waals surface area contributed by atoms with Gasteiger partial charge in [-0.1, -0.05) is 25.4 Å². The van der Waals surface area contributed by atoms with Crippen molar-refractivity contribution >= 4 is 17.6 Å². The van der Waals surface area contributed by atoms with E-state index in [-0.39, 0.29) is 30.2 Å². The molecule has 21 heavy (non-hydrogen) atoms. The van der Waals surface area contributed by atoms with Crippen LogP contribution in [0.1, 0.15) is 62.5 Å². The van der Waals surface area contributed by atoms with E-state index in [0.29, 0.717) is 10.7 Å².